The lowest BCUT2D eigenvalue weighted by Gasteiger charge is -2.74. The molecule has 6 atom stereocenters. The molecule has 0 unspecified atom stereocenters. The quantitative estimate of drug-likeness (QED) is 0.744. The largest absolute Gasteiger partial charge is 0.448 e. The number of ether oxygens (including phenoxy) is 4. The Hall–Kier alpha value is -2.74. The molecule has 1 N–H and O–H groups in total. The van der Waals surface area contributed by atoms with Crippen molar-refractivity contribution in [3.05, 3.63) is 70.8 Å². The van der Waals surface area contributed by atoms with Gasteiger partial charge in [0.25, 0.3) is 0 Å². The molecule has 2 fully saturated rings. The number of carbonyl (C=O) groups excluding carboxylic acids is 2. The Kier molecular flexibility index (Phi) is 3.39. The maximum Gasteiger partial charge on any atom is 0.303 e. The minimum absolute atomic E-state index is 0.0634. The molecular formula is C24H22O7. The van der Waals surface area contributed by atoms with Crippen LogP contribution in [0.1, 0.15) is 61.7 Å². The zero-order valence-electron chi connectivity index (χ0n) is 17.4. The Labute approximate surface area is 178 Å². The van der Waals surface area contributed by atoms with E-state index in [-0.39, 0.29) is 6.42 Å². The number of hydrogen-bond acceptors (Lipinski definition) is 7. The zero-order valence-corrected chi connectivity index (χ0v) is 17.4. The van der Waals surface area contributed by atoms with Gasteiger partial charge in [-0.15, -0.1) is 0 Å². The Balaban J connectivity index is 1.81. The first kappa shape index (κ1) is 19.0. The molecule has 7 nitrogen and oxygen atoms in total. The number of aliphatic hydroxyl groups is 1. The fourth-order valence-electron chi connectivity index (χ4n) is 6.55. The first-order valence-electron chi connectivity index (χ1n) is 10.4. The van der Waals surface area contributed by atoms with Crippen LogP contribution in [0.15, 0.2) is 48.5 Å². The van der Waals surface area contributed by atoms with Crippen molar-refractivity contribution in [2.24, 2.45) is 0 Å². The van der Waals surface area contributed by atoms with Crippen LogP contribution in [0, 0.1) is 0 Å². The van der Waals surface area contributed by atoms with Crippen LogP contribution in [0.25, 0.3) is 0 Å². The Morgan fingerprint density at radius 3 is 2.23 bits per heavy atom. The summed E-state index contributed by atoms with van der Waals surface area (Å²) in [7, 11) is 0. The maximum absolute atomic E-state index is 12.5. The lowest BCUT2D eigenvalue weighted by Crippen LogP contribution is -2.86. The third kappa shape index (κ3) is 1.84. The van der Waals surface area contributed by atoms with Crippen molar-refractivity contribution >= 4 is 11.9 Å². The number of esters is 2. The lowest BCUT2D eigenvalue weighted by atomic mass is 9.48. The third-order valence-electron chi connectivity index (χ3n) is 7.38. The molecule has 7 rings (SSSR count). The third-order valence-corrected chi connectivity index (χ3v) is 7.38. The van der Waals surface area contributed by atoms with Gasteiger partial charge in [0.1, 0.15) is 6.10 Å². The summed E-state index contributed by atoms with van der Waals surface area (Å²) < 4.78 is 25.1. The standard InChI is InChI=1S/C24H22O7/c1-13(25)28-23-17-10-6-4-8-15(17)19-12-22(27)24(29-14(2)26,21(23,3)30-19)18-11-7-5-9-16(18)20(23)31-22/h4-11,19-20,27H,12H2,1-3H3/t19-,20-,21-,22-,23+,24-/m1/s1. The van der Waals surface area contributed by atoms with E-state index in [1.54, 1.807) is 6.92 Å². The van der Waals surface area contributed by atoms with Crippen LogP contribution in [-0.4, -0.2) is 28.4 Å². The van der Waals surface area contributed by atoms with Gasteiger partial charge in [-0.2, -0.15) is 0 Å². The van der Waals surface area contributed by atoms with Gasteiger partial charge < -0.3 is 24.1 Å². The first-order chi connectivity index (χ1) is 14.7. The van der Waals surface area contributed by atoms with E-state index in [0.29, 0.717) is 11.1 Å². The van der Waals surface area contributed by atoms with E-state index in [1.807, 2.05) is 48.5 Å². The summed E-state index contributed by atoms with van der Waals surface area (Å²) in [5.74, 6) is -3.00. The second-order valence-electron chi connectivity index (χ2n) is 8.90. The second-order valence-corrected chi connectivity index (χ2v) is 8.90. The average Bonchev–Trinajstić information content (AvgIpc) is 2.71. The molecule has 0 radical (unpaired) electrons. The molecule has 0 spiro atoms. The average molecular weight is 422 g/mol. The summed E-state index contributed by atoms with van der Waals surface area (Å²) >= 11 is 0. The number of hydrogen-bond donors (Lipinski definition) is 1. The number of rotatable bonds is 2. The van der Waals surface area contributed by atoms with Gasteiger partial charge in [-0.05, 0) is 18.1 Å². The molecule has 160 valence electrons. The molecule has 7 heteroatoms. The highest BCUT2D eigenvalue weighted by atomic mass is 16.7. The highest BCUT2D eigenvalue weighted by Crippen LogP contribution is 2.77. The highest BCUT2D eigenvalue weighted by molar-refractivity contribution is 5.71. The van der Waals surface area contributed by atoms with Gasteiger partial charge in [0, 0.05) is 31.4 Å². The monoisotopic (exact) mass is 422 g/mol. The van der Waals surface area contributed by atoms with E-state index in [1.165, 1.54) is 13.8 Å². The van der Waals surface area contributed by atoms with E-state index in [2.05, 4.69) is 0 Å². The first-order valence-corrected chi connectivity index (χ1v) is 10.4. The van der Waals surface area contributed by atoms with Gasteiger partial charge in [0.15, 0.2) is 5.60 Å². The van der Waals surface area contributed by atoms with Crippen molar-refractivity contribution in [3.8, 4) is 0 Å². The van der Waals surface area contributed by atoms with Crippen molar-refractivity contribution in [1.82, 2.24) is 0 Å². The smallest absolute Gasteiger partial charge is 0.303 e. The second kappa shape index (κ2) is 5.54. The van der Waals surface area contributed by atoms with Crippen molar-refractivity contribution < 1.29 is 33.6 Å². The highest BCUT2D eigenvalue weighted by Gasteiger charge is 2.88. The Morgan fingerprint density at radius 2 is 1.55 bits per heavy atom. The number of fused-ring (bicyclic) bond motifs is 3. The summed E-state index contributed by atoms with van der Waals surface area (Å²) in [6, 6.07) is 14.9. The summed E-state index contributed by atoms with van der Waals surface area (Å²) in [4.78, 5) is 24.9. The van der Waals surface area contributed by atoms with Crippen LogP contribution in [0.5, 0.6) is 0 Å². The molecule has 1 aliphatic carbocycles. The van der Waals surface area contributed by atoms with Gasteiger partial charge in [-0.25, -0.2) is 0 Å². The van der Waals surface area contributed by atoms with Crippen molar-refractivity contribution in [2.75, 3.05) is 0 Å². The summed E-state index contributed by atoms with van der Waals surface area (Å²) in [6.45, 7) is 4.36. The summed E-state index contributed by atoms with van der Waals surface area (Å²) in [5.41, 5.74) is -1.80. The van der Waals surface area contributed by atoms with Crippen LogP contribution < -0.4 is 0 Å². The Bertz CT molecular complexity index is 1160. The van der Waals surface area contributed by atoms with E-state index >= 15 is 0 Å². The van der Waals surface area contributed by atoms with Crippen molar-refractivity contribution in [2.45, 2.75) is 62.0 Å². The molecule has 2 saturated heterocycles. The van der Waals surface area contributed by atoms with E-state index in [4.69, 9.17) is 18.9 Å². The van der Waals surface area contributed by atoms with Gasteiger partial charge in [0.2, 0.25) is 17.0 Å². The van der Waals surface area contributed by atoms with Crippen LogP contribution in [-0.2, 0) is 39.7 Å². The molecule has 0 amide bonds. The molecule has 4 heterocycles. The molecule has 0 saturated carbocycles. The molecule has 5 aliphatic rings. The van der Waals surface area contributed by atoms with Crippen LogP contribution in [0.2, 0.25) is 0 Å². The predicted molar refractivity (Wildman–Crippen MR) is 105 cm³/mol. The summed E-state index contributed by atoms with van der Waals surface area (Å²) in [6.07, 6.45) is -1.32. The molecule has 2 aromatic carbocycles. The van der Waals surface area contributed by atoms with E-state index in [9.17, 15) is 14.7 Å². The maximum atomic E-state index is 12.5. The zero-order chi connectivity index (χ0) is 21.8. The van der Waals surface area contributed by atoms with Gasteiger partial charge >= 0.3 is 11.9 Å². The molecule has 2 aromatic rings. The molecule has 4 aliphatic heterocycles. The van der Waals surface area contributed by atoms with Crippen molar-refractivity contribution in [1.29, 1.82) is 0 Å². The molecule has 0 aromatic heterocycles. The lowest BCUT2D eigenvalue weighted by molar-refractivity contribution is -0.502. The molecule has 5 bridgehead atoms. The molecular weight excluding hydrogens is 400 g/mol. The van der Waals surface area contributed by atoms with Crippen LogP contribution in [0.4, 0.5) is 0 Å². The van der Waals surface area contributed by atoms with E-state index < -0.39 is 46.7 Å². The van der Waals surface area contributed by atoms with Crippen LogP contribution >= 0.6 is 0 Å². The summed E-state index contributed by atoms with van der Waals surface area (Å²) in [5, 5.41) is 12.0. The van der Waals surface area contributed by atoms with E-state index in [0.717, 1.165) is 11.1 Å². The van der Waals surface area contributed by atoms with Crippen LogP contribution in [0.3, 0.4) is 0 Å². The Morgan fingerprint density at radius 1 is 0.935 bits per heavy atom. The fourth-order valence-corrected chi connectivity index (χ4v) is 6.55. The van der Waals surface area contributed by atoms with Gasteiger partial charge in [0.05, 0.1) is 6.10 Å². The topological polar surface area (TPSA) is 91.3 Å². The minimum atomic E-state index is -1.87. The molecule has 31 heavy (non-hydrogen) atoms. The van der Waals surface area contributed by atoms with Gasteiger partial charge in [-0.3, -0.25) is 9.59 Å². The SMILES string of the molecule is CC(=O)O[C@@]12c3ccccc3[C@H]3O[C@]1(O)C[C@H]1O[C@]2(C)[C@]3(OC(C)=O)c2ccccc21. The minimum Gasteiger partial charge on any atom is -0.448 e. The number of benzene rings is 2. The number of carbonyl (C=O) groups is 2. The normalized spacial score (nSPS) is 40.6. The fraction of sp³-hybridized carbons (Fsp3) is 0.417. The van der Waals surface area contributed by atoms with Crippen molar-refractivity contribution in [3.63, 3.8) is 0 Å². The predicted octanol–water partition coefficient (Wildman–Crippen LogP) is 2.91. The van der Waals surface area contributed by atoms with Gasteiger partial charge in [-0.1, -0.05) is 48.5 Å².